The van der Waals surface area contributed by atoms with Crippen molar-refractivity contribution in [1.82, 2.24) is 4.73 Å². The number of primary amides is 1. The minimum absolute atomic E-state index is 0.453. The Hall–Kier alpha value is -1.45. The lowest BCUT2D eigenvalue weighted by Gasteiger charge is -2.12. The van der Waals surface area contributed by atoms with Crippen LogP contribution in [0.3, 0.4) is 0 Å². The molecular weight excluding hydrogens is 168 g/mol. The summed E-state index contributed by atoms with van der Waals surface area (Å²) in [6.07, 6.45) is 5.23. The van der Waals surface area contributed by atoms with Gasteiger partial charge in [0.25, 0.3) is 5.91 Å². The maximum Gasteiger partial charge on any atom is 0.250 e. The lowest BCUT2D eigenvalue weighted by atomic mass is 9.95. The molecule has 2 rings (SSSR count). The standard InChI is InChI=1S/C9H12N2O2/c10-9(12)7-5-11(13)8-4-2-1-3-6(7)8/h5,13H,1-4H2,(H2,10,12). The highest BCUT2D eigenvalue weighted by atomic mass is 16.5. The maximum atomic E-state index is 11.0. The molecule has 3 N–H and O–H groups in total. The first kappa shape index (κ1) is 8.16. The van der Waals surface area contributed by atoms with Gasteiger partial charge in [-0.05, 0) is 31.2 Å². The molecule has 0 spiro atoms. The Morgan fingerprint density at radius 2 is 2.15 bits per heavy atom. The molecule has 0 saturated carbocycles. The molecule has 0 aliphatic heterocycles. The van der Waals surface area contributed by atoms with Crippen LogP contribution in [-0.4, -0.2) is 15.8 Å². The number of carbonyl (C=O) groups excluding carboxylic acids is 1. The van der Waals surface area contributed by atoms with E-state index < -0.39 is 5.91 Å². The summed E-state index contributed by atoms with van der Waals surface area (Å²) in [6.45, 7) is 0. The van der Waals surface area contributed by atoms with E-state index in [-0.39, 0.29) is 0 Å². The summed E-state index contributed by atoms with van der Waals surface area (Å²) in [6, 6.07) is 0. The van der Waals surface area contributed by atoms with Gasteiger partial charge in [-0.2, -0.15) is 4.73 Å². The molecule has 0 saturated heterocycles. The molecule has 0 unspecified atom stereocenters. The van der Waals surface area contributed by atoms with Crippen molar-refractivity contribution in [1.29, 1.82) is 0 Å². The predicted octanol–water partition coefficient (Wildman–Crippen LogP) is 0.703. The number of rotatable bonds is 1. The van der Waals surface area contributed by atoms with Crippen LogP contribution in [0.2, 0.25) is 0 Å². The minimum Gasteiger partial charge on any atom is -0.429 e. The fraction of sp³-hybridized carbons (Fsp3) is 0.444. The molecule has 0 bridgehead atoms. The van der Waals surface area contributed by atoms with Gasteiger partial charge in [0.15, 0.2) is 0 Å². The summed E-state index contributed by atoms with van der Waals surface area (Å²) in [4.78, 5) is 11.0. The van der Waals surface area contributed by atoms with Crippen LogP contribution in [0.15, 0.2) is 6.20 Å². The number of hydrogen-bond acceptors (Lipinski definition) is 2. The first-order valence-corrected chi connectivity index (χ1v) is 4.42. The van der Waals surface area contributed by atoms with E-state index >= 15 is 0 Å². The Kier molecular flexibility index (Phi) is 1.76. The smallest absolute Gasteiger partial charge is 0.250 e. The number of aromatic nitrogens is 1. The number of nitrogens with zero attached hydrogens (tertiary/aromatic N) is 1. The van der Waals surface area contributed by atoms with Crippen molar-refractivity contribution in [3.05, 3.63) is 23.0 Å². The van der Waals surface area contributed by atoms with Crippen molar-refractivity contribution < 1.29 is 10.0 Å². The van der Waals surface area contributed by atoms with Crippen LogP contribution in [0.25, 0.3) is 0 Å². The van der Waals surface area contributed by atoms with Gasteiger partial charge in [-0.1, -0.05) is 0 Å². The van der Waals surface area contributed by atoms with Crippen LogP contribution in [0, 0.1) is 0 Å². The van der Waals surface area contributed by atoms with Gasteiger partial charge in [-0.3, -0.25) is 4.79 Å². The summed E-state index contributed by atoms with van der Waals surface area (Å²) < 4.78 is 1.04. The molecule has 1 aliphatic rings. The molecule has 0 fully saturated rings. The van der Waals surface area contributed by atoms with Crippen LogP contribution >= 0.6 is 0 Å². The summed E-state index contributed by atoms with van der Waals surface area (Å²) >= 11 is 0. The first-order chi connectivity index (χ1) is 6.20. The van der Waals surface area contributed by atoms with Crippen LogP contribution < -0.4 is 5.73 Å². The average molecular weight is 180 g/mol. The molecule has 1 aromatic heterocycles. The molecule has 1 aromatic rings. The highest BCUT2D eigenvalue weighted by Crippen LogP contribution is 2.25. The molecule has 0 radical (unpaired) electrons. The zero-order valence-corrected chi connectivity index (χ0v) is 7.29. The molecular formula is C9H12N2O2. The van der Waals surface area contributed by atoms with Crippen LogP contribution in [0.1, 0.15) is 34.5 Å². The van der Waals surface area contributed by atoms with E-state index in [2.05, 4.69) is 0 Å². The summed E-state index contributed by atoms with van der Waals surface area (Å²) in [5, 5.41) is 9.43. The predicted molar refractivity (Wildman–Crippen MR) is 46.8 cm³/mol. The van der Waals surface area contributed by atoms with Gasteiger partial charge in [0.05, 0.1) is 17.5 Å². The highest BCUT2D eigenvalue weighted by molar-refractivity contribution is 5.94. The third-order valence-corrected chi connectivity index (χ3v) is 2.56. The third-order valence-electron chi connectivity index (χ3n) is 2.56. The highest BCUT2D eigenvalue weighted by Gasteiger charge is 2.21. The van der Waals surface area contributed by atoms with E-state index in [1.165, 1.54) is 6.20 Å². The molecule has 70 valence electrons. The van der Waals surface area contributed by atoms with Crippen molar-refractivity contribution in [2.24, 2.45) is 5.73 Å². The van der Waals surface area contributed by atoms with E-state index in [0.29, 0.717) is 5.56 Å². The quantitative estimate of drug-likeness (QED) is 0.625. The van der Waals surface area contributed by atoms with Gasteiger partial charge in [-0.15, -0.1) is 0 Å². The molecule has 4 heteroatoms. The monoisotopic (exact) mass is 180 g/mol. The summed E-state index contributed by atoms with van der Waals surface area (Å²) in [5.41, 5.74) is 7.44. The molecule has 1 heterocycles. The van der Waals surface area contributed by atoms with E-state index in [1.54, 1.807) is 0 Å². The fourth-order valence-corrected chi connectivity index (χ4v) is 1.92. The lowest BCUT2D eigenvalue weighted by Crippen LogP contribution is -2.13. The first-order valence-electron chi connectivity index (χ1n) is 4.42. The van der Waals surface area contributed by atoms with E-state index in [4.69, 9.17) is 5.73 Å². The van der Waals surface area contributed by atoms with Crippen molar-refractivity contribution >= 4 is 5.91 Å². The molecule has 4 nitrogen and oxygen atoms in total. The van der Waals surface area contributed by atoms with E-state index in [0.717, 1.165) is 41.7 Å². The largest absolute Gasteiger partial charge is 0.429 e. The van der Waals surface area contributed by atoms with Crippen molar-refractivity contribution in [3.63, 3.8) is 0 Å². The SMILES string of the molecule is NC(=O)c1cn(O)c2c1CCCC2. The van der Waals surface area contributed by atoms with Crippen LogP contribution in [0.5, 0.6) is 0 Å². The Labute approximate surface area is 75.9 Å². The van der Waals surface area contributed by atoms with E-state index in [9.17, 15) is 10.0 Å². The van der Waals surface area contributed by atoms with Gasteiger partial charge >= 0.3 is 0 Å². The third kappa shape index (κ3) is 1.18. The zero-order valence-electron chi connectivity index (χ0n) is 7.29. The van der Waals surface area contributed by atoms with Gasteiger partial charge in [0.2, 0.25) is 0 Å². The second-order valence-electron chi connectivity index (χ2n) is 3.38. The molecule has 1 aliphatic carbocycles. The maximum absolute atomic E-state index is 11.0. The second kappa shape index (κ2) is 2.80. The Bertz CT molecular complexity index is 355. The van der Waals surface area contributed by atoms with Crippen molar-refractivity contribution in [2.75, 3.05) is 0 Å². The summed E-state index contributed by atoms with van der Waals surface area (Å²) in [5.74, 6) is -0.453. The molecule has 13 heavy (non-hydrogen) atoms. The van der Waals surface area contributed by atoms with Gasteiger partial charge < -0.3 is 10.9 Å². The molecule has 1 amide bonds. The minimum atomic E-state index is -0.453. The topological polar surface area (TPSA) is 68.2 Å². The van der Waals surface area contributed by atoms with Gasteiger partial charge in [0, 0.05) is 0 Å². The molecule has 0 aromatic carbocycles. The number of hydrogen-bond donors (Lipinski definition) is 2. The van der Waals surface area contributed by atoms with E-state index in [1.807, 2.05) is 0 Å². The Morgan fingerprint density at radius 3 is 2.85 bits per heavy atom. The normalized spacial score (nSPS) is 15.4. The average Bonchev–Trinajstić information content (AvgIpc) is 2.45. The van der Waals surface area contributed by atoms with Gasteiger partial charge in [-0.25, -0.2) is 0 Å². The van der Waals surface area contributed by atoms with Crippen LogP contribution in [0.4, 0.5) is 0 Å². The summed E-state index contributed by atoms with van der Waals surface area (Å²) in [7, 11) is 0. The molecule has 0 atom stereocenters. The van der Waals surface area contributed by atoms with Crippen molar-refractivity contribution in [3.8, 4) is 0 Å². The Morgan fingerprint density at radius 1 is 1.46 bits per heavy atom. The second-order valence-corrected chi connectivity index (χ2v) is 3.38. The Balaban J connectivity index is 2.53. The fourth-order valence-electron chi connectivity index (χ4n) is 1.92. The number of amides is 1. The number of fused-ring (bicyclic) bond motifs is 1. The number of nitrogens with two attached hydrogens (primary N) is 1. The van der Waals surface area contributed by atoms with Crippen LogP contribution in [-0.2, 0) is 12.8 Å². The van der Waals surface area contributed by atoms with Gasteiger partial charge in [0.1, 0.15) is 0 Å². The zero-order chi connectivity index (χ0) is 9.42. The van der Waals surface area contributed by atoms with Crippen molar-refractivity contribution in [2.45, 2.75) is 25.7 Å². The lowest BCUT2D eigenvalue weighted by molar-refractivity contribution is 0.0997. The number of carbonyl (C=O) groups is 1.